The van der Waals surface area contributed by atoms with Crippen molar-refractivity contribution in [2.45, 2.75) is 19.6 Å². The SMILES string of the molecule is Cl.O=C(Nc1nnc(COc2c(F)cccc2Cl)s1)c1ccc2c(c1)CCNC2. The van der Waals surface area contributed by atoms with E-state index in [2.05, 4.69) is 20.8 Å². The van der Waals surface area contributed by atoms with Gasteiger partial charge in [0.2, 0.25) is 5.13 Å². The van der Waals surface area contributed by atoms with Gasteiger partial charge in [0, 0.05) is 12.1 Å². The molecule has 29 heavy (non-hydrogen) atoms. The number of rotatable bonds is 5. The molecule has 2 heterocycles. The quantitative estimate of drug-likeness (QED) is 0.603. The van der Waals surface area contributed by atoms with Crippen LogP contribution in [0.15, 0.2) is 36.4 Å². The Morgan fingerprint density at radius 1 is 1.28 bits per heavy atom. The number of anilines is 1. The zero-order valence-electron chi connectivity index (χ0n) is 15.1. The molecule has 0 atom stereocenters. The lowest BCUT2D eigenvalue weighted by Gasteiger charge is -2.17. The van der Waals surface area contributed by atoms with E-state index >= 15 is 0 Å². The fraction of sp³-hybridized carbons (Fsp3) is 0.211. The van der Waals surface area contributed by atoms with Crippen molar-refractivity contribution in [2.75, 3.05) is 11.9 Å². The molecule has 2 N–H and O–H groups in total. The highest BCUT2D eigenvalue weighted by Gasteiger charge is 2.15. The highest BCUT2D eigenvalue weighted by molar-refractivity contribution is 7.15. The van der Waals surface area contributed by atoms with Gasteiger partial charge in [-0.3, -0.25) is 10.1 Å². The standard InChI is InChI=1S/C19H16ClFN4O2S.ClH/c20-14-2-1-3-15(21)17(14)27-10-16-24-25-19(28-16)23-18(26)12-4-5-13-9-22-7-6-11(13)8-12;/h1-5,8,22H,6-7,9-10H2,(H,23,25,26);1H. The molecule has 1 aliphatic heterocycles. The van der Waals surface area contributed by atoms with Crippen molar-refractivity contribution in [2.24, 2.45) is 0 Å². The third-order valence-corrected chi connectivity index (χ3v) is 5.41. The first kappa shape index (κ1) is 21.4. The van der Waals surface area contributed by atoms with Crippen molar-refractivity contribution >= 4 is 46.4 Å². The summed E-state index contributed by atoms with van der Waals surface area (Å²) < 4.78 is 19.1. The van der Waals surface area contributed by atoms with Gasteiger partial charge in [0.15, 0.2) is 16.6 Å². The van der Waals surface area contributed by atoms with Crippen LogP contribution in [0.1, 0.15) is 26.5 Å². The van der Waals surface area contributed by atoms with Crippen molar-refractivity contribution in [3.63, 3.8) is 0 Å². The second-order valence-corrected chi connectivity index (χ2v) is 7.67. The Morgan fingerprint density at radius 2 is 2.14 bits per heavy atom. The minimum Gasteiger partial charge on any atom is -0.482 e. The molecule has 10 heteroatoms. The van der Waals surface area contributed by atoms with E-state index in [9.17, 15) is 9.18 Å². The van der Waals surface area contributed by atoms with E-state index in [1.165, 1.54) is 23.3 Å². The van der Waals surface area contributed by atoms with Crippen molar-refractivity contribution in [1.82, 2.24) is 15.5 Å². The summed E-state index contributed by atoms with van der Waals surface area (Å²) in [6.07, 6.45) is 0.898. The van der Waals surface area contributed by atoms with Crippen LogP contribution in [-0.2, 0) is 19.6 Å². The van der Waals surface area contributed by atoms with Crippen molar-refractivity contribution in [3.05, 3.63) is 68.9 Å². The monoisotopic (exact) mass is 454 g/mol. The van der Waals surface area contributed by atoms with Crippen LogP contribution in [0.3, 0.4) is 0 Å². The third kappa shape index (κ3) is 5.02. The van der Waals surface area contributed by atoms with Gasteiger partial charge >= 0.3 is 0 Å². The Morgan fingerprint density at radius 3 is 2.97 bits per heavy atom. The number of benzene rings is 2. The predicted molar refractivity (Wildman–Crippen MR) is 113 cm³/mol. The third-order valence-electron chi connectivity index (χ3n) is 4.30. The summed E-state index contributed by atoms with van der Waals surface area (Å²) >= 11 is 7.09. The Bertz CT molecular complexity index is 1010. The molecule has 0 radical (unpaired) electrons. The number of amides is 1. The summed E-state index contributed by atoms with van der Waals surface area (Å²) in [4.78, 5) is 12.5. The maximum absolute atomic E-state index is 13.7. The minimum absolute atomic E-state index is 0. The molecule has 152 valence electrons. The second kappa shape index (κ2) is 9.49. The van der Waals surface area contributed by atoms with Gasteiger partial charge in [-0.15, -0.1) is 22.6 Å². The van der Waals surface area contributed by atoms with Crippen LogP contribution in [0.2, 0.25) is 5.02 Å². The molecule has 1 aromatic heterocycles. The van der Waals surface area contributed by atoms with Crippen molar-refractivity contribution in [3.8, 4) is 5.75 Å². The van der Waals surface area contributed by atoms with Crippen LogP contribution in [0, 0.1) is 5.82 Å². The average molecular weight is 455 g/mol. The lowest BCUT2D eigenvalue weighted by molar-refractivity contribution is 0.102. The summed E-state index contributed by atoms with van der Waals surface area (Å²) in [5.41, 5.74) is 2.97. The normalized spacial score (nSPS) is 12.6. The van der Waals surface area contributed by atoms with Crippen molar-refractivity contribution in [1.29, 1.82) is 0 Å². The van der Waals surface area contributed by atoms with E-state index in [1.807, 2.05) is 12.1 Å². The van der Waals surface area contributed by atoms with Gasteiger partial charge in [0.25, 0.3) is 5.91 Å². The molecule has 0 saturated heterocycles. The molecule has 6 nitrogen and oxygen atoms in total. The lowest BCUT2D eigenvalue weighted by atomic mass is 9.98. The van der Waals surface area contributed by atoms with Crippen LogP contribution in [0.4, 0.5) is 9.52 Å². The molecule has 1 aliphatic rings. The maximum Gasteiger partial charge on any atom is 0.257 e. The summed E-state index contributed by atoms with van der Waals surface area (Å²) in [6, 6.07) is 9.99. The number of carbonyl (C=O) groups excluding carboxylic acids is 1. The number of para-hydroxylation sites is 1. The number of aromatic nitrogens is 2. The largest absolute Gasteiger partial charge is 0.482 e. The topological polar surface area (TPSA) is 76.1 Å². The van der Waals surface area contributed by atoms with Crippen LogP contribution < -0.4 is 15.4 Å². The molecule has 0 aliphatic carbocycles. The van der Waals surface area contributed by atoms with E-state index in [0.29, 0.717) is 15.7 Å². The van der Waals surface area contributed by atoms with E-state index in [0.717, 1.165) is 30.8 Å². The molecule has 0 unspecified atom stereocenters. The number of ether oxygens (including phenoxy) is 1. The molecule has 0 spiro atoms. The fourth-order valence-corrected chi connectivity index (χ4v) is 3.77. The van der Waals surface area contributed by atoms with Crippen molar-refractivity contribution < 1.29 is 13.9 Å². The zero-order valence-corrected chi connectivity index (χ0v) is 17.5. The Balaban J connectivity index is 0.00000240. The average Bonchev–Trinajstić information content (AvgIpc) is 3.14. The smallest absolute Gasteiger partial charge is 0.257 e. The highest BCUT2D eigenvalue weighted by Crippen LogP contribution is 2.28. The molecular weight excluding hydrogens is 438 g/mol. The molecule has 4 rings (SSSR count). The maximum atomic E-state index is 13.7. The number of fused-ring (bicyclic) bond motifs is 1. The van der Waals surface area contributed by atoms with E-state index < -0.39 is 5.82 Å². The summed E-state index contributed by atoms with van der Waals surface area (Å²) in [7, 11) is 0. The van der Waals surface area contributed by atoms with Gasteiger partial charge in [0.1, 0.15) is 6.61 Å². The van der Waals surface area contributed by atoms with Crippen LogP contribution >= 0.6 is 35.3 Å². The van der Waals surface area contributed by atoms with Gasteiger partial charge in [-0.2, -0.15) is 0 Å². The summed E-state index contributed by atoms with van der Waals surface area (Å²) in [5.74, 6) is -0.830. The number of hydrogen-bond acceptors (Lipinski definition) is 6. The van der Waals surface area contributed by atoms with E-state index in [1.54, 1.807) is 12.1 Å². The molecule has 0 bridgehead atoms. The lowest BCUT2D eigenvalue weighted by Crippen LogP contribution is -2.24. The highest BCUT2D eigenvalue weighted by atomic mass is 35.5. The molecular formula is C19H17Cl2FN4O2S. The van der Waals surface area contributed by atoms with Gasteiger partial charge in [-0.25, -0.2) is 4.39 Å². The minimum atomic E-state index is -0.548. The number of halogens is 3. The second-order valence-electron chi connectivity index (χ2n) is 6.20. The fourth-order valence-electron chi connectivity index (χ4n) is 2.90. The Hall–Kier alpha value is -2.26. The number of carbonyl (C=O) groups is 1. The first-order chi connectivity index (χ1) is 13.6. The van der Waals surface area contributed by atoms with Gasteiger partial charge < -0.3 is 10.1 Å². The van der Waals surface area contributed by atoms with Gasteiger partial charge in [-0.05, 0) is 48.4 Å². The molecule has 0 fully saturated rings. The van der Waals surface area contributed by atoms with Crippen LogP contribution in [0.25, 0.3) is 0 Å². The summed E-state index contributed by atoms with van der Waals surface area (Å²) in [6.45, 7) is 1.73. The van der Waals surface area contributed by atoms with Gasteiger partial charge in [-0.1, -0.05) is 35.1 Å². The van der Waals surface area contributed by atoms with Gasteiger partial charge in [0.05, 0.1) is 5.02 Å². The predicted octanol–water partition coefficient (Wildman–Crippen LogP) is 4.23. The van der Waals surface area contributed by atoms with Crippen LogP contribution in [-0.4, -0.2) is 22.6 Å². The molecule has 3 aromatic rings. The Labute approximate surface area is 181 Å². The first-order valence-corrected chi connectivity index (χ1v) is 9.82. The molecule has 2 aromatic carbocycles. The van der Waals surface area contributed by atoms with E-state index in [4.69, 9.17) is 16.3 Å². The molecule has 1 amide bonds. The number of nitrogens with one attached hydrogen (secondary N) is 2. The Kier molecular flexibility index (Phi) is 7.02. The zero-order chi connectivity index (χ0) is 19.5. The van der Waals surface area contributed by atoms with Crippen LogP contribution in [0.5, 0.6) is 5.75 Å². The number of hydrogen-bond donors (Lipinski definition) is 2. The first-order valence-electron chi connectivity index (χ1n) is 8.63. The summed E-state index contributed by atoms with van der Waals surface area (Å²) in [5, 5.41) is 15.0. The van der Waals surface area contributed by atoms with E-state index in [-0.39, 0.29) is 35.7 Å². The number of nitrogens with zero attached hydrogens (tertiary/aromatic N) is 2. The molecule has 0 saturated carbocycles.